The first-order chi connectivity index (χ1) is 8.56. The van der Waals surface area contributed by atoms with E-state index in [0.717, 1.165) is 18.9 Å². The number of nitrogens with one attached hydrogen (secondary N) is 1. The van der Waals surface area contributed by atoms with Gasteiger partial charge in [0.15, 0.2) is 0 Å². The molecule has 0 bridgehead atoms. The van der Waals surface area contributed by atoms with Gasteiger partial charge in [0.25, 0.3) is 5.69 Å². The number of non-ortho nitro benzene ring substituents is 1. The number of hydrogen-bond acceptors (Lipinski definition) is 4. The molecule has 1 unspecified atom stereocenters. The quantitative estimate of drug-likeness (QED) is 0.597. The number of aliphatic hydroxyl groups is 1. The van der Waals surface area contributed by atoms with Crippen molar-refractivity contribution in [2.45, 2.75) is 25.5 Å². The number of halogens is 1. The summed E-state index contributed by atoms with van der Waals surface area (Å²) in [4.78, 5) is 9.94. The predicted octanol–water partition coefficient (Wildman–Crippen LogP) is 1.59. The van der Waals surface area contributed by atoms with Gasteiger partial charge in [-0.3, -0.25) is 10.1 Å². The molecule has 0 heterocycles. The Labute approximate surface area is 104 Å². The Kier molecular flexibility index (Phi) is 3.88. The Balaban J connectivity index is 1.89. The van der Waals surface area contributed by atoms with E-state index >= 15 is 0 Å². The van der Waals surface area contributed by atoms with E-state index < -0.39 is 10.7 Å². The van der Waals surface area contributed by atoms with Crippen LogP contribution in [0.5, 0.6) is 0 Å². The Bertz CT molecular complexity index is 449. The maximum absolute atomic E-state index is 13.1. The average molecular weight is 254 g/mol. The van der Waals surface area contributed by atoms with Crippen LogP contribution in [-0.2, 0) is 6.54 Å². The first kappa shape index (κ1) is 12.9. The van der Waals surface area contributed by atoms with Crippen LogP contribution in [0, 0.1) is 21.8 Å². The van der Waals surface area contributed by atoms with Gasteiger partial charge in [0.2, 0.25) is 0 Å². The molecular formula is C12H15FN2O3. The zero-order valence-electron chi connectivity index (χ0n) is 9.80. The van der Waals surface area contributed by atoms with Crippen LogP contribution >= 0.6 is 0 Å². The van der Waals surface area contributed by atoms with E-state index in [0.29, 0.717) is 24.6 Å². The van der Waals surface area contributed by atoms with Crippen LogP contribution in [0.25, 0.3) is 0 Å². The topological polar surface area (TPSA) is 75.4 Å². The molecule has 1 saturated carbocycles. The molecule has 1 aliphatic rings. The molecule has 98 valence electrons. The highest BCUT2D eigenvalue weighted by Gasteiger charge is 2.29. The van der Waals surface area contributed by atoms with Crippen LogP contribution in [-0.4, -0.2) is 22.7 Å². The molecule has 0 radical (unpaired) electrons. The fourth-order valence-electron chi connectivity index (χ4n) is 1.85. The van der Waals surface area contributed by atoms with E-state index in [1.54, 1.807) is 0 Å². The Hall–Kier alpha value is -1.53. The molecule has 2 rings (SSSR count). The number of nitro groups is 1. The van der Waals surface area contributed by atoms with Crippen molar-refractivity contribution in [1.82, 2.24) is 5.32 Å². The van der Waals surface area contributed by atoms with Crippen molar-refractivity contribution in [2.24, 2.45) is 5.92 Å². The molecule has 1 atom stereocenters. The number of nitro benzene ring substituents is 1. The number of aliphatic hydroxyl groups excluding tert-OH is 1. The van der Waals surface area contributed by atoms with Gasteiger partial charge in [0.1, 0.15) is 5.82 Å². The molecular weight excluding hydrogens is 239 g/mol. The van der Waals surface area contributed by atoms with Crippen LogP contribution in [0.1, 0.15) is 18.4 Å². The molecule has 0 amide bonds. The zero-order chi connectivity index (χ0) is 13.1. The number of hydrogen-bond donors (Lipinski definition) is 2. The van der Waals surface area contributed by atoms with E-state index in [9.17, 15) is 19.6 Å². The highest BCUT2D eigenvalue weighted by molar-refractivity contribution is 5.35. The zero-order valence-corrected chi connectivity index (χ0v) is 9.80. The highest BCUT2D eigenvalue weighted by Crippen LogP contribution is 2.32. The molecule has 1 fully saturated rings. The molecule has 5 nitrogen and oxygen atoms in total. The Morgan fingerprint density at radius 2 is 2.22 bits per heavy atom. The van der Waals surface area contributed by atoms with Crippen molar-refractivity contribution in [1.29, 1.82) is 0 Å². The summed E-state index contributed by atoms with van der Waals surface area (Å²) in [5, 5.41) is 23.2. The number of nitrogens with zero attached hydrogens (tertiary/aromatic N) is 1. The third-order valence-corrected chi connectivity index (χ3v) is 3.00. The van der Waals surface area contributed by atoms with Crippen LogP contribution in [0.4, 0.5) is 10.1 Å². The summed E-state index contributed by atoms with van der Waals surface area (Å²) in [7, 11) is 0. The van der Waals surface area contributed by atoms with Gasteiger partial charge in [-0.05, 0) is 30.4 Å². The minimum Gasteiger partial charge on any atom is -0.392 e. The average Bonchev–Trinajstić information content (AvgIpc) is 3.11. The van der Waals surface area contributed by atoms with Crippen molar-refractivity contribution < 1.29 is 14.4 Å². The van der Waals surface area contributed by atoms with E-state index in [2.05, 4.69) is 5.32 Å². The lowest BCUT2D eigenvalue weighted by Gasteiger charge is -2.10. The molecule has 1 aromatic carbocycles. The maximum Gasteiger partial charge on any atom is 0.272 e. The largest absolute Gasteiger partial charge is 0.392 e. The second-order valence-corrected chi connectivity index (χ2v) is 4.61. The van der Waals surface area contributed by atoms with Crippen molar-refractivity contribution in [3.8, 4) is 0 Å². The predicted molar refractivity (Wildman–Crippen MR) is 63.5 cm³/mol. The first-order valence-corrected chi connectivity index (χ1v) is 5.89. The lowest BCUT2D eigenvalue weighted by Crippen LogP contribution is -2.27. The molecule has 0 aromatic heterocycles. The maximum atomic E-state index is 13.1. The van der Waals surface area contributed by atoms with Crippen LogP contribution in [0.2, 0.25) is 0 Å². The molecule has 0 saturated heterocycles. The van der Waals surface area contributed by atoms with Crippen molar-refractivity contribution in [2.75, 3.05) is 6.54 Å². The smallest absolute Gasteiger partial charge is 0.272 e. The van der Waals surface area contributed by atoms with E-state index in [1.165, 1.54) is 12.1 Å². The van der Waals surface area contributed by atoms with E-state index in [-0.39, 0.29) is 11.8 Å². The third-order valence-electron chi connectivity index (χ3n) is 3.00. The molecule has 1 aliphatic carbocycles. The normalized spacial score (nSPS) is 16.6. The van der Waals surface area contributed by atoms with Gasteiger partial charge < -0.3 is 10.4 Å². The standard InChI is InChI=1S/C12H15FN2O3/c13-10-3-8(4-11(5-10)15(17)18)6-14-7-12(16)9-1-2-9/h3-5,9,12,14,16H,1-2,6-7H2. The summed E-state index contributed by atoms with van der Waals surface area (Å²) >= 11 is 0. The fourth-order valence-corrected chi connectivity index (χ4v) is 1.85. The van der Waals surface area contributed by atoms with Crippen molar-refractivity contribution in [3.05, 3.63) is 39.7 Å². The summed E-state index contributed by atoms with van der Waals surface area (Å²) in [5.74, 6) is -0.247. The number of rotatable bonds is 6. The summed E-state index contributed by atoms with van der Waals surface area (Å²) in [6.45, 7) is 0.733. The van der Waals surface area contributed by atoms with Crippen LogP contribution in [0.15, 0.2) is 18.2 Å². The van der Waals surface area contributed by atoms with Gasteiger partial charge in [0, 0.05) is 19.2 Å². The van der Waals surface area contributed by atoms with Crippen molar-refractivity contribution in [3.63, 3.8) is 0 Å². The minimum absolute atomic E-state index is 0.255. The molecule has 2 N–H and O–H groups in total. The monoisotopic (exact) mass is 254 g/mol. The van der Waals surface area contributed by atoms with Gasteiger partial charge in [-0.1, -0.05) is 0 Å². The molecule has 0 spiro atoms. The fraction of sp³-hybridized carbons (Fsp3) is 0.500. The second kappa shape index (κ2) is 5.41. The molecule has 1 aromatic rings. The van der Waals surface area contributed by atoms with Gasteiger partial charge >= 0.3 is 0 Å². The minimum atomic E-state index is -0.622. The van der Waals surface area contributed by atoms with E-state index in [4.69, 9.17) is 0 Å². The van der Waals surface area contributed by atoms with Crippen LogP contribution in [0.3, 0.4) is 0 Å². The lowest BCUT2D eigenvalue weighted by atomic mass is 10.2. The summed E-state index contributed by atoms with van der Waals surface area (Å²) in [5.41, 5.74) is 0.249. The van der Waals surface area contributed by atoms with Gasteiger partial charge in [-0.2, -0.15) is 0 Å². The number of benzene rings is 1. The summed E-state index contributed by atoms with van der Waals surface area (Å²) in [6.07, 6.45) is 1.72. The SMILES string of the molecule is O=[N+]([O-])c1cc(F)cc(CNCC(O)C2CC2)c1. The van der Waals surface area contributed by atoms with Gasteiger partial charge in [-0.15, -0.1) is 0 Å². The van der Waals surface area contributed by atoms with Gasteiger partial charge in [0.05, 0.1) is 17.1 Å². The first-order valence-electron chi connectivity index (χ1n) is 5.89. The van der Waals surface area contributed by atoms with Crippen molar-refractivity contribution >= 4 is 5.69 Å². The highest BCUT2D eigenvalue weighted by atomic mass is 19.1. The summed E-state index contributed by atoms with van der Waals surface area (Å²) < 4.78 is 13.1. The van der Waals surface area contributed by atoms with Gasteiger partial charge in [-0.25, -0.2) is 4.39 Å². The lowest BCUT2D eigenvalue weighted by molar-refractivity contribution is -0.385. The Morgan fingerprint density at radius 1 is 1.50 bits per heavy atom. The second-order valence-electron chi connectivity index (χ2n) is 4.61. The molecule has 6 heteroatoms. The van der Waals surface area contributed by atoms with E-state index in [1.807, 2.05) is 0 Å². The third kappa shape index (κ3) is 3.48. The molecule has 18 heavy (non-hydrogen) atoms. The Morgan fingerprint density at radius 3 is 2.83 bits per heavy atom. The molecule has 0 aliphatic heterocycles. The summed E-state index contributed by atoms with van der Waals surface area (Å²) in [6, 6.07) is 3.48. The van der Waals surface area contributed by atoms with Crippen LogP contribution < -0.4 is 5.32 Å².